The molecule has 1 N–H and O–H groups in total. The predicted molar refractivity (Wildman–Crippen MR) is 72.2 cm³/mol. The molecule has 7 heteroatoms. The summed E-state index contributed by atoms with van der Waals surface area (Å²) in [6.07, 6.45) is 0.787. The van der Waals surface area contributed by atoms with Gasteiger partial charge in [-0.1, -0.05) is 6.07 Å². The van der Waals surface area contributed by atoms with Crippen molar-refractivity contribution >= 4 is 34.0 Å². The zero-order valence-corrected chi connectivity index (χ0v) is 11.9. The van der Waals surface area contributed by atoms with E-state index in [1.54, 1.807) is 16.7 Å². The van der Waals surface area contributed by atoms with E-state index in [2.05, 4.69) is 26.1 Å². The van der Waals surface area contributed by atoms with Crippen LogP contribution < -0.4 is 5.69 Å². The van der Waals surface area contributed by atoms with Crippen molar-refractivity contribution in [3.05, 3.63) is 38.7 Å². The largest absolute Gasteiger partial charge is 0.343 e. The fourth-order valence-electron chi connectivity index (χ4n) is 1.43. The van der Waals surface area contributed by atoms with Gasteiger partial charge in [-0.15, -0.1) is 5.10 Å². The standard InChI is InChI=1S/C11H10BrN3O2S/c1-2-15-10(17)13-14-11(15)18-9-4-3-7(6-16)5-8(9)12/h3-6H,2H2,1H3,(H,13,17). The second kappa shape index (κ2) is 5.53. The Morgan fingerprint density at radius 2 is 2.33 bits per heavy atom. The van der Waals surface area contributed by atoms with Crippen LogP contribution in [0.2, 0.25) is 0 Å². The lowest BCUT2D eigenvalue weighted by Gasteiger charge is -2.04. The van der Waals surface area contributed by atoms with Gasteiger partial charge in [0.15, 0.2) is 5.16 Å². The van der Waals surface area contributed by atoms with Gasteiger partial charge in [-0.05, 0) is 46.7 Å². The summed E-state index contributed by atoms with van der Waals surface area (Å²) in [6.45, 7) is 2.44. The molecule has 0 saturated carbocycles. The first-order valence-electron chi connectivity index (χ1n) is 5.23. The van der Waals surface area contributed by atoms with Crippen molar-refractivity contribution in [2.75, 3.05) is 0 Å². The Hall–Kier alpha value is -1.34. The Kier molecular flexibility index (Phi) is 4.03. The van der Waals surface area contributed by atoms with E-state index in [0.717, 1.165) is 15.7 Å². The smallest absolute Gasteiger partial charge is 0.298 e. The van der Waals surface area contributed by atoms with Gasteiger partial charge in [0.2, 0.25) is 0 Å². The third kappa shape index (κ3) is 2.56. The molecule has 0 atom stereocenters. The molecule has 2 rings (SSSR count). The minimum atomic E-state index is -0.222. The van der Waals surface area contributed by atoms with E-state index < -0.39 is 0 Å². The molecule has 1 aromatic heterocycles. The molecule has 0 bridgehead atoms. The number of rotatable bonds is 4. The molecule has 0 amide bonds. The first-order chi connectivity index (χ1) is 8.65. The topological polar surface area (TPSA) is 67.8 Å². The van der Waals surface area contributed by atoms with Gasteiger partial charge >= 0.3 is 5.69 Å². The van der Waals surface area contributed by atoms with Crippen LogP contribution in [0.25, 0.3) is 0 Å². The van der Waals surface area contributed by atoms with Crippen LogP contribution in [0, 0.1) is 0 Å². The summed E-state index contributed by atoms with van der Waals surface area (Å²) >= 11 is 4.76. The molecule has 0 unspecified atom stereocenters. The average Bonchev–Trinajstić information content (AvgIpc) is 2.72. The van der Waals surface area contributed by atoms with Crippen molar-refractivity contribution in [2.24, 2.45) is 0 Å². The van der Waals surface area contributed by atoms with E-state index in [-0.39, 0.29) is 5.69 Å². The molecular weight excluding hydrogens is 318 g/mol. The van der Waals surface area contributed by atoms with E-state index in [1.165, 1.54) is 11.8 Å². The minimum Gasteiger partial charge on any atom is -0.298 e. The normalized spacial score (nSPS) is 10.6. The van der Waals surface area contributed by atoms with Gasteiger partial charge in [0.25, 0.3) is 0 Å². The van der Waals surface area contributed by atoms with E-state index in [0.29, 0.717) is 17.3 Å². The van der Waals surface area contributed by atoms with Crippen molar-refractivity contribution in [1.29, 1.82) is 0 Å². The molecule has 2 aromatic rings. The SMILES string of the molecule is CCn1c(Sc2ccc(C=O)cc2Br)n[nH]c1=O. The van der Waals surface area contributed by atoms with Crippen molar-refractivity contribution in [1.82, 2.24) is 14.8 Å². The Morgan fingerprint density at radius 3 is 2.94 bits per heavy atom. The lowest BCUT2D eigenvalue weighted by molar-refractivity contribution is 0.112. The van der Waals surface area contributed by atoms with Crippen molar-refractivity contribution in [3.8, 4) is 0 Å². The van der Waals surface area contributed by atoms with Crippen LogP contribution in [-0.2, 0) is 6.54 Å². The van der Waals surface area contributed by atoms with Gasteiger partial charge in [0.05, 0.1) is 0 Å². The molecular formula is C11H10BrN3O2S. The lowest BCUT2D eigenvalue weighted by atomic mass is 10.2. The number of aromatic amines is 1. The molecule has 0 aliphatic rings. The highest BCUT2D eigenvalue weighted by Crippen LogP contribution is 2.32. The number of benzene rings is 1. The van der Waals surface area contributed by atoms with E-state index in [4.69, 9.17) is 0 Å². The Bertz CT molecular complexity index is 635. The summed E-state index contributed by atoms with van der Waals surface area (Å²) < 4.78 is 2.35. The number of carbonyl (C=O) groups is 1. The Balaban J connectivity index is 2.34. The van der Waals surface area contributed by atoms with Crippen LogP contribution in [-0.4, -0.2) is 21.1 Å². The summed E-state index contributed by atoms with van der Waals surface area (Å²) in [7, 11) is 0. The van der Waals surface area contributed by atoms with Crippen LogP contribution in [0.1, 0.15) is 17.3 Å². The fourth-order valence-corrected chi connectivity index (χ4v) is 2.97. The van der Waals surface area contributed by atoms with Crippen molar-refractivity contribution in [2.45, 2.75) is 23.5 Å². The number of hydrogen-bond acceptors (Lipinski definition) is 4. The van der Waals surface area contributed by atoms with Crippen LogP contribution in [0.15, 0.2) is 37.5 Å². The van der Waals surface area contributed by atoms with Crippen LogP contribution in [0.3, 0.4) is 0 Å². The Morgan fingerprint density at radius 1 is 1.56 bits per heavy atom. The molecule has 1 aromatic carbocycles. The molecule has 94 valence electrons. The van der Waals surface area contributed by atoms with Gasteiger partial charge in [-0.25, -0.2) is 9.89 Å². The predicted octanol–water partition coefficient (Wildman–Crippen LogP) is 2.32. The summed E-state index contributed by atoms with van der Waals surface area (Å²) in [5, 5.41) is 6.98. The van der Waals surface area contributed by atoms with Crippen LogP contribution >= 0.6 is 27.7 Å². The molecule has 0 spiro atoms. The van der Waals surface area contributed by atoms with Crippen molar-refractivity contribution in [3.63, 3.8) is 0 Å². The molecule has 0 aliphatic carbocycles. The molecule has 0 fully saturated rings. The zero-order valence-electron chi connectivity index (χ0n) is 9.51. The van der Waals surface area contributed by atoms with E-state index >= 15 is 0 Å². The number of hydrogen-bond donors (Lipinski definition) is 1. The van der Waals surface area contributed by atoms with Gasteiger partial charge in [-0.2, -0.15) is 0 Å². The van der Waals surface area contributed by atoms with Crippen molar-refractivity contribution < 1.29 is 4.79 Å². The van der Waals surface area contributed by atoms with Gasteiger partial charge < -0.3 is 0 Å². The quantitative estimate of drug-likeness (QED) is 0.875. The lowest BCUT2D eigenvalue weighted by Crippen LogP contribution is -2.15. The summed E-state index contributed by atoms with van der Waals surface area (Å²) in [5.74, 6) is 0. The first-order valence-corrected chi connectivity index (χ1v) is 6.84. The van der Waals surface area contributed by atoms with Gasteiger partial charge in [0.1, 0.15) is 6.29 Å². The number of H-pyrrole nitrogens is 1. The zero-order chi connectivity index (χ0) is 13.1. The number of carbonyl (C=O) groups excluding carboxylic acids is 1. The van der Waals surface area contributed by atoms with E-state index in [1.807, 2.05) is 13.0 Å². The summed E-state index contributed by atoms with van der Waals surface area (Å²) in [6, 6.07) is 5.27. The maximum atomic E-state index is 11.4. The molecule has 0 saturated heterocycles. The maximum absolute atomic E-state index is 11.4. The third-order valence-corrected chi connectivity index (χ3v) is 4.32. The summed E-state index contributed by atoms with van der Waals surface area (Å²) in [4.78, 5) is 23.0. The number of halogens is 1. The average molecular weight is 328 g/mol. The monoisotopic (exact) mass is 327 g/mol. The van der Waals surface area contributed by atoms with Crippen LogP contribution in [0.5, 0.6) is 0 Å². The number of aromatic nitrogens is 3. The summed E-state index contributed by atoms with van der Waals surface area (Å²) in [5.41, 5.74) is 0.377. The highest BCUT2D eigenvalue weighted by atomic mass is 79.9. The minimum absolute atomic E-state index is 0.222. The second-order valence-corrected chi connectivity index (χ2v) is 5.33. The Labute approximate surface area is 116 Å². The molecule has 1 heterocycles. The maximum Gasteiger partial charge on any atom is 0.343 e. The molecule has 0 aliphatic heterocycles. The van der Waals surface area contributed by atoms with Gasteiger partial charge in [-0.3, -0.25) is 9.36 Å². The molecule has 0 radical (unpaired) electrons. The first kappa shape index (κ1) is 13.1. The fraction of sp³-hybridized carbons (Fsp3) is 0.182. The third-order valence-electron chi connectivity index (χ3n) is 2.33. The number of aldehydes is 1. The number of nitrogens with one attached hydrogen (secondary N) is 1. The highest BCUT2D eigenvalue weighted by molar-refractivity contribution is 9.10. The van der Waals surface area contributed by atoms with E-state index in [9.17, 15) is 9.59 Å². The molecule has 5 nitrogen and oxygen atoms in total. The number of nitrogens with zero attached hydrogens (tertiary/aromatic N) is 2. The highest BCUT2D eigenvalue weighted by Gasteiger charge is 2.10. The van der Waals surface area contributed by atoms with Crippen LogP contribution in [0.4, 0.5) is 0 Å². The second-order valence-electron chi connectivity index (χ2n) is 3.47. The molecule has 18 heavy (non-hydrogen) atoms. The van der Waals surface area contributed by atoms with Gasteiger partial charge in [0, 0.05) is 21.5 Å².